The molecule has 0 saturated heterocycles. The fourth-order valence-electron chi connectivity index (χ4n) is 5.83. The SMILES string of the molecule is CC.CCC/C=C/C/C=C/C/C=C/CCCCCCC(=O)OC(COC(=O)CCCCCCCCCCCCCCC)COP(=O)(O)OC(C)C(O)C(O)C(O)CO.CCO. The van der Waals surface area contributed by atoms with Gasteiger partial charge in [0.15, 0.2) is 6.10 Å². The van der Waals surface area contributed by atoms with Crippen LogP contribution >= 0.6 is 7.82 Å². The standard InChI is InChI=1S/C43H79O12P.C2H6O.C2H6/c1-4-6-8-10-12-14-16-18-19-21-23-25-27-29-31-33-41(47)54-38(36-53-56(50,51)55-37(3)42(48)43(49)39(45)34-44)35-52-40(46)32-30-28-26-24-22-20-17-15-13-11-9-7-5-2;1-2-3;1-2/h8,10,14,16,19,21,37-39,42-45,48-49H,4-7,9,11-13,15,17-18,20,22-36H2,1-3H3,(H,50,51);3H,2H2,1H3;1-2H3/b10-8+,16-14+,21-19+;;. The Morgan fingerprint density at radius 1 is 0.590 bits per heavy atom. The highest BCUT2D eigenvalue weighted by molar-refractivity contribution is 7.47. The highest BCUT2D eigenvalue weighted by Crippen LogP contribution is 2.45. The van der Waals surface area contributed by atoms with Gasteiger partial charge in [0.2, 0.25) is 0 Å². The van der Waals surface area contributed by atoms with Gasteiger partial charge in [-0.25, -0.2) is 4.57 Å². The number of aliphatic hydroxyl groups excluding tert-OH is 5. The number of allylic oxidation sites excluding steroid dienone is 6. The van der Waals surface area contributed by atoms with Crippen molar-refractivity contribution in [3.05, 3.63) is 36.5 Å². The Morgan fingerprint density at radius 2 is 1.03 bits per heavy atom. The number of hydrogen-bond donors (Lipinski definition) is 6. The number of carbonyl (C=O) groups excluding carboxylic acids is 2. The van der Waals surface area contributed by atoms with Crippen LogP contribution in [-0.4, -0.2) is 99.3 Å². The highest BCUT2D eigenvalue weighted by atomic mass is 31.2. The highest BCUT2D eigenvalue weighted by Gasteiger charge is 2.35. The first-order valence-corrected chi connectivity index (χ1v) is 25.1. The van der Waals surface area contributed by atoms with Crippen molar-refractivity contribution in [1.29, 1.82) is 0 Å². The lowest BCUT2D eigenvalue weighted by Crippen LogP contribution is -2.45. The van der Waals surface area contributed by atoms with Gasteiger partial charge in [-0.05, 0) is 58.8 Å². The van der Waals surface area contributed by atoms with Crippen LogP contribution in [0.1, 0.15) is 196 Å². The predicted octanol–water partition coefficient (Wildman–Crippen LogP) is 10.1. The monoisotopic (exact) mass is 895 g/mol. The topological polar surface area (TPSA) is 210 Å². The Bertz CT molecular complexity index is 1100. The second-order valence-corrected chi connectivity index (χ2v) is 16.4. The summed E-state index contributed by atoms with van der Waals surface area (Å²) in [6.07, 6.45) is 29.1. The minimum absolute atomic E-state index is 0.109. The van der Waals surface area contributed by atoms with Gasteiger partial charge in [-0.1, -0.05) is 160 Å². The molecule has 0 fully saturated rings. The molecule has 6 unspecified atom stereocenters. The Morgan fingerprint density at radius 3 is 1.52 bits per heavy atom. The van der Waals surface area contributed by atoms with Gasteiger partial charge in [-0.15, -0.1) is 0 Å². The summed E-state index contributed by atoms with van der Waals surface area (Å²) in [5.41, 5.74) is 0. The third-order valence-corrected chi connectivity index (χ3v) is 10.4. The van der Waals surface area contributed by atoms with E-state index in [4.69, 9.17) is 28.7 Å². The fourth-order valence-corrected chi connectivity index (χ4v) is 6.79. The van der Waals surface area contributed by atoms with Gasteiger partial charge >= 0.3 is 19.8 Å². The molecule has 0 heterocycles. The van der Waals surface area contributed by atoms with Gasteiger partial charge in [0, 0.05) is 19.4 Å². The average Bonchev–Trinajstić information content (AvgIpc) is 3.24. The molecule has 0 aliphatic rings. The third kappa shape index (κ3) is 44.5. The number of rotatable bonds is 39. The number of carbonyl (C=O) groups is 2. The summed E-state index contributed by atoms with van der Waals surface area (Å²) >= 11 is 0. The Hall–Kier alpha value is -1.93. The molecular formula is C47H91O13P. The van der Waals surface area contributed by atoms with Crippen molar-refractivity contribution in [3.63, 3.8) is 0 Å². The minimum atomic E-state index is -4.88. The molecule has 0 spiro atoms. The maximum absolute atomic E-state index is 12.7. The summed E-state index contributed by atoms with van der Waals surface area (Å²) in [6.45, 7) is 9.61. The van der Waals surface area contributed by atoms with Crippen LogP contribution in [0, 0.1) is 0 Å². The Labute approximate surface area is 371 Å². The molecule has 0 aliphatic carbocycles. The summed E-state index contributed by atoms with van der Waals surface area (Å²) in [7, 11) is -4.88. The molecule has 0 radical (unpaired) electrons. The predicted molar refractivity (Wildman–Crippen MR) is 246 cm³/mol. The number of esters is 2. The van der Waals surface area contributed by atoms with Crippen LogP contribution in [0.5, 0.6) is 0 Å². The average molecular weight is 895 g/mol. The number of phosphoric acid groups is 1. The van der Waals surface area contributed by atoms with Gasteiger partial charge < -0.3 is 39.9 Å². The second kappa shape index (κ2) is 47.5. The van der Waals surface area contributed by atoms with Crippen LogP contribution < -0.4 is 0 Å². The van der Waals surface area contributed by atoms with E-state index in [0.29, 0.717) is 12.8 Å². The molecule has 0 aromatic carbocycles. The molecular weight excluding hydrogens is 803 g/mol. The van der Waals surface area contributed by atoms with Gasteiger partial charge in [0.25, 0.3) is 0 Å². The summed E-state index contributed by atoms with van der Waals surface area (Å²) < 4.78 is 33.4. The van der Waals surface area contributed by atoms with Crippen molar-refractivity contribution >= 4 is 19.8 Å². The van der Waals surface area contributed by atoms with Crippen molar-refractivity contribution in [3.8, 4) is 0 Å². The summed E-state index contributed by atoms with van der Waals surface area (Å²) in [6, 6.07) is 0. The molecule has 362 valence electrons. The maximum Gasteiger partial charge on any atom is 0.472 e. The van der Waals surface area contributed by atoms with Crippen molar-refractivity contribution < 1.29 is 63.1 Å². The van der Waals surface area contributed by atoms with E-state index >= 15 is 0 Å². The fraction of sp³-hybridized carbons (Fsp3) is 0.830. The van der Waals surface area contributed by atoms with E-state index in [9.17, 15) is 34.4 Å². The zero-order valence-corrected chi connectivity index (χ0v) is 40.0. The third-order valence-electron chi connectivity index (χ3n) is 9.35. The molecule has 13 nitrogen and oxygen atoms in total. The first kappa shape index (κ1) is 63.4. The Kier molecular flexibility index (Phi) is 49.4. The van der Waals surface area contributed by atoms with Crippen molar-refractivity contribution in [2.24, 2.45) is 0 Å². The zero-order valence-electron chi connectivity index (χ0n) is 39.1. The van der Waals surface area contributed by atoms with E-state index in [1.165, 1.54) is 64.7 Å². The van der Waals surface area contributed by atoms with Crippen LogP contribution in [0.25, 0.3) is 0 Å². The normalized spacial score (nSPS) is 15.0. The molecule has 61 heavy (non-hydrogen) atoms. The van der Waals surface area contributed by atoms with Gasteiger partial charge in [-0.3, -0.25) is 18.6 Å². The number of aliphatic hydroxyl groups is 5. The smallest absolute Gasteiger partial charge is 0.462 e. The van der Waals surface area contributed by atoms with Gasteiger partial charge in [0.05, 0.1) is 19.3 Å². The van der Waals surface area contributed by atoms with E-state index in [1.54, 1.807) is 6.92 Å². The molecule has 6 N–H and O–H groups in total. The summed E-state index contributed by atoms with van der Waals surface area (Å²) in [5, 5.41) is 46.2. The molecule has 0 aromatic heterocycles. The molecule has 0 bridgehead atoms. The van der Waals surface area contributed by atoms with E-state index in [-0.39, 0.29) is 26.1 Å². The lowest BCUT2D eigenvalue weighted by molar-refractivity contribution is -0.161. The van der Waals surface area contributed by atoms with Gasteiger partial charge in [-0.2, -0.15) is 0 Å². The van der Waals surface area contributed by atoms with Crippen LogP contribution in [0.15, 0.2) is 36.5 Å². The Balaban J connectivity index is -0.00000641. The molecule has 0 rings (SSSR count). The second-order valence-electron chi connectivity index (χ2n) is 15.0. The molecule has 0 aliphatic heterocycles. The molecule has 6 atom stereocenters. The van der Waals surface area contributed by atoms with Crippen molar-refractivity contribution in [1.82, 2.24) is 0 Å². The molecule has 0 amide bonds. The van der Waals surface area contributed by atoms with E-state index in [2.05, 4.69) is 50.3 Å². The van der Waals surface area contributed by atoms with Gasteiger partial charge in [0.1, 0.15) is 24.9 Å². The van der Waals surface area contributed by atoms with Crippen LogP contribution in [0.4, 0.5) is 0 Å². The molecule has 14 heteroatoms. The van der Waals surface area contributed by atoms with Crippen molar-refractivity contribution in [2.45, 2.75) is 226 Å². The summed E-state index contributed by atoms with van der Waals surface area (Å²) in [5.74, 6) is -1.05. The first-order chi connectivity index (χ1) is 29.4. The summed E-state index contributed by atoms with van der Waals surface area (Å²) in [4.78, 5) is 35.4. The van der Waals surface area contributed by atoms with E-state index < -0.39 is 63.5 Å². The van der Waals surface area contributed by atoms with Crippen LogP contribution in [-0.2, 0) is 32.7 Å². The van der Waals surface area contributed by atoms with Crippen LogP contribution in [0.3, 0.4) is 0 Å². The van der Waals surface area contributed by atoms with Crippen LogP contribution in [0.2, 0.25) is 0 Å². The largest absolute Gasteiger partial charge is 0.472 e. The number of hydrogen-bond acceptors (Lipinski definition) is 12. The lowest BCUT2D eigenvalue weighted by Gasteiger charge is -2.27. The molecule has 0 aromatic rings. The number of phosphoric ester groups is 1. The number of ether oxygens (including phenoxy) is 2. The number of unbranched alkanes of at least 4 members (excludes halogenated alkanes) is 17. The minimum Gasteiger partial charge on any atom is -0.462 e. The quantitative estimate of drug-likeness (QED) is 0.0147. The molecule has 0 saturated carbocycles. The van der Waals surface area contributed by atoms with E-state index in [1.807, 2.05) is 13.8 Å². The lowest BCUT2D eigenvalue weighted by atomic mass is 10.0. The first-order valence-electron chi connectivity index (χ1n) is 23.6. The zero-order chi connectivity index (χ0) is 46.4. The van der Waals surface area contributed by atoms with E-state index in [0.717, 1.165) is 70.6 Å². The van der Waals surface area contributed by atoms with Crippen molar-refractivity contribution in [2.75, 3.05) is 26.4 Å². The maximum atomic E-state index is 12.7.